The van der Waals surface area contributed by atoms with Gasteiger partial charge < -0.3 is 7.43 Å². The van der Waals surface area contributed by atoms with Crippen molar-refractivity contribution in [3.8, 4) is 22.3 Å². The number of aryl methyl sites for hydroxylation is 3. The molecule has 6 aromatic carbocycles. The second-order valence-electron chi connectivity index (χ2n) is 15.6. The van der Waals surface area contributed by atoms with E-state index in [2.05, 4.69) is 173 Å². The molecule has 0 aliphatic heterocycles. The molecule has 0 bridgehead atoms. The van der Waals surface area contributed by atoms with Crippen molar-refractivity contribution in [3.63, 3.8) is 0 Å². The van der Waals surface area contributed by atoms with Crippen molar-refractivity contribution in [1.29, 1.82) is 0 Å². The van der Waals surface area contributed by atoms with Gasteiger partial charge in [-0.25, -0.2) is 0 Å². The van der Waals surface area contributed by atoms with Crippen LogP contribution in [-0.2, 0) is 10.8 Å². The van der Waals surface area contributed by atoms with Crippen LogP contribution < -0.4 is 138 Å². The number of rotatable bonds is 4. The first kappa shape index (κ1) is 52.8. The van der Waals surface area contributed by atoms with Crippen molar-refractivity contribution < 1.29 is 138 Å². The Morgan fingerprint density at radius 2 is 0.889 bits per heavy atom. The third kappa shape index (κ3) is 8.56. The largest absolute Gasteiger partial charge is 1.00 e. The van der Waals surface area contributed by atoms with Gasteiger partial charge in [0.1, 0.15) is 0 Å². The van der Waals surface area contributed by atoms with E-state index in [1.165, 1.54) is 108 Å². The van der Waals surface area contributed by atoms with Gasteiger partial charge in [0.05, 0.1) is 5.41 Å². The molecule has 0 spiro atoms. The van der Waals surface area contributed by atoms with Crippen LogP contribution in [0.25, 0.3) is 42.4 Å². The number of thiophene rings is 2. The van der Waals surface area contributed by atoms with E-state index >= 15 is 0 Å². The third-order valence-electron chi connectivity index (χ3n) is 12.5. The van der Waals surface area contributed by atoms with Crippen LogP contribution in [0.3, 0.4) is 0 Å². The van der Waals surface area contributed by atoms with Crippen LogP contribution in [0, 0.1) is 40.3 Å². The van der Waals surface area contributed by atoms with Crippen LogP contribution >= 0.6 is 22.7 Å². The van der Waals surface area contributed by atoms with Crippen molar-refractivity contribution >= 4 is 42.8 Å². The van der Waals surface area contributed by atoms with Crippen molar-refractivity contribution in [2.75, 3.05) is 0 Å². The van der Waals surface area contributed by atoms with Gasteiger partial charge in [-0.2, -0.15) is 60.7 Å². The molecule has 0 N–H and O–H groups in total. The molecule has 0 saturated carbocycles. The maximum Gasteiger partial charge on any atom is 1.00 e. The van der Waals surface area contributed by atoms with Crippen LogP contribution in [0.5, 0.6) is 0 Å². The molecule has 3 aliphatic carbocycles. The van der Waals surface area contributed by atoms with E-state index in [-0.39, 0.29) is 145 Å². The van der Waals surface area contributed by atoms with Crippen molar-refractivity contribution in [1.82, 2.24) is 0 Å². The fraction of sp³-hybridized carbons (Fsp3) is 0.237. The number of hydrogen-bond acceptors (Lipinski definition) is 2. The average molecular weight is 1100 g/mol. The molecule has 8 aromatic rings. The zero-order valence-electron chi connectivity index (χ0n) is 39.9. The summed E-state index contributed by atoms with van der Waals surface area (Å²) in [5, 5.41) is 2.66. The Balaban J connectivity index is 0.000000800. The maximum absolute atomic E-state index is 3.35. The fourth-order valence-corrected chi connectivity index (χ4v) is 12.5. The molecule has 0 saturated heterocycles. The maximum atomic E-state index is 3.35. The minimum Gasteiger partial charge on any atom is -0.358 e. The summed E-state index contributed by atoms with van der Waals surface area (Å²) in [5.74, 6) is 0. The zero-order valence-corrected chi connectivity index (χ0v) is 54.1. The van der Waals surface area contributed by atoms with Gasteiger partial charge in [-0.3, -0.25) is 0 Å². The van der Waals surface area contributed by atoms with E-state index < -0.39 is 10.8 Å². The fourth-order valence-electron chi connectivity index (χ4n) is 10.3. The Labute approximate surface area is 505 Å². The summed E-state index contributed by atoms with van der Waals surface area (Å²) >= 11 is 3.89. The van der Waals surface area contributed by atoms with Crippen LogP contribution in [0.15, 0.2) is 145 Å². The molecular weight excluding hydrogens is 1040 g/mol. The summed E-state index contributed by atoms with van der Waals surface area (Å²) in [5.41, 5.74) is 18.2. The smallest absolute Gasteiger partial charge is 0.358 e. The number of hydrogen-bond donors (Lipinski definition) is 0. The predicted molar refractivity (Wildman–Crippen MR) is 270 cm³/mol. The summed E-state index contributed by atoms with van der Waals surface area (Å²) in [6.45, 7) is 21.0. The predicted octanol–water partition coefficient (Wildman–Crippen LogP) is 11.5. The topological polar surface area (TPSA) is 0 Å². The summed E-state index contributed by atoms with van der Waals surface area (Å²) in [7, 11) is 0. The summed E-state index contributed by atoms with van der Waals surface area (Å²) in [6, 6.07) is 53.3. The minimum atomic E-state index is -0.524. The first-order chi connectivity index (χ1) is 29.4. The van der Waals surface area contributed by atoms with Crippen molar-refractivity contribution in [2.45, 2.75) is 92.9 Å². The molecule has 4 heteroatoms. The normalized spacial score (nSPS) is 15.7. The first-order valence-corrected chi connectivity index (χ1v) is 23.7. The zero-order chi connectivity index (χ0) is 42.3. The molecule has 0 nitrogen and oxygen atoms in total. The van der Waals surface area contributed by atoms with Gasteiger partial charge in [0.2, 0.25) is 0 Å². The van der Waals surface area contributed by atoms with Gasteiger partial charge in [-0.1, -0.05) is 119 Å². The number of fused-ring (bicyclic) bond motifs is 10. The average Bonchev–Trinajstić information content (AvgIpc) is 4.03. The molecule has 3 aliphatic rings. The Morgan fingerprint density at radius 3 is 1.33 bits per heavy atom. The summed E-state index contributed by atoms with van der Waals surface area (Å²) < 4.78 is 2.78. The first-order valence-electron chi connectivity index (χ1n) is 22.0. The number of benzene rings is 6. The Kier molecular flexibility index (Phi) is 18.7. The van der Waals surface area contributed by atoms with E-state index in [1.54, 1.807) is 0 Å². The van der Waals surface area contributed by atoms with Gasteiger partial charge in [0.25, 0.3) is 0 Å². The Hall–Kier alpha value is -1.18. The van der Waals surface area contributed by atoms with Crippen molar-refractivity contribution in [3.05, 3.63) is 218 Å². The van der Waals surface area contributed by atoms with Gasteiger partial charge in [-0.05, 0) is 126 Å². The quantitative estimate of drug-likeness (QED) is 0.154. The van der Waals surface area contributed by atoms with E-state index in [4.69, 9.17) is 0 Å². The Bertz CT molecular complexity index is 2870. The summed E-state index contributed by atoms with van der Waals surface area (Å²) in [4.78, 5) is 2.69. The molecule has 63 heavy (non-hydrogen) atoms. The number of allylic oxidation sites excluding steroid dienone is 4. The van der Waals surface area contributed by atoms with E-state index in [0.29, 0.717) is 0 Å². The van der Waals surface area contributed by atoms with Crippen LogP contribution in [-0.4, -0.2) is 0 Å². The molecule has 2 heterocycles. The SMILES string of the molecule is CC.CC.CC.CC1=CC=C(C2(c3ccc(C)cc3)c3cc4c(cc3-c3ccc5cc(C)sc5c32)C(c2cc[c-]cc2)(c2cc[c-]cc2)c2c-4ccc3cc(C)sc23)CC1.[CH3-].[Cs+].[Cs+]. The second kappa shape index (κ2) is 22.3. The molecule has 2 aromatic heterocycles. The molecule has 0 amide bonds. The molecular formula is C59H59Cs2S2-. The summed E-state index contributed by atoms with van der Waals surface area (Å²) in [6.07, 6.45) is 6.96. The minimum absolute atomic E-state index is 0. The molecule has 1 unspecified atom stereocenters. The molecule has 310 valence electrons. The van der Waals surface area contributed by atoms with E-state index in [9.17, 15) is 0 Å². The van der Waals surface area contributed by atoms with Gasteiger partial charge in [0, 0.05) is 24.6 Å². The van der Waals surface area contributed by atoms with Crippen LogP contribution in [0.2, 0.25) is 0 Å². The molecule has 0 fully saturated rings. The van der Waals surface area contributed by atoms with Crippen LogP contribution in [0.1, 0.15) is 116 Å². The van der Waals surface area contributed by atoms with E-state index in [0.717, 1.165) is 12.8 Å². The van der Waals surface area contributed by atoms with Crippen molar-refractivity contribution in [2.24, 2.45) is 0 Å². The van der Waals surface area contributed by atoms with Gasteiger partial charge in [0.15, 0.2) is 0 Å². The van der Waals surface area contributed by atoms with Gasteiger partial charge >= 0.3 is 138 Å². The standard InChI is InChI=1S/C52H38S2.3C2H6.CH3.2Cs/c1-31-15-21-39(22-16-31)52(40-23-17-32(2)18-24-40)46-30-43-41-25-19-35-27-33(3)53-49(35)47(41)51(37-11-7-5-8-12-37,38-13-9-6-10-14-38)45(43)29-44(46)42-26-20-36-28-34(4)54-50(36)48(42)52;3*1-2;;;/h7-17,19-23,25-30H,18,24H2,1-4H3;3*1-2H3;1H3;;/q-2;;;;-1;2*+1. The molecule has 1 atom stereocenters. The van der Waals surface area contributed by atoms with Gasteiger partial charge in [-0.15, -0.1) is 33.8 Å². The third-order valence-corrected chi connectivity index (χ3v) is 14.7. The molecule has 0 radical (unpaired) electrons. The van der Waals surface area contributed by atoms with E-state index in [1.807, 2.05) is 64.2 Å². The monoisotopic (exact) mass is 1100 g/mol. The Morgan fingerprint density at radius 1 is 0.460 bits per heavy atom. The second-order valence-corrected chi connectivity index (χ2v) is 18.1. The van der Waals surface area contributed by atoms with Crippen LogP contribution in [0.4, 0.5) is 0 Å². The molecule has 11 rings (SSSR count).